The summed E-state index contributed by atoms with van der Waals surface area (Å²) in [5, 5.41) is 10.7. The number of rotatable bonds is 3. The van der Waals surface area contributed by atoms with E-state index in [4.69, 9.17) is 9.47 Å². The average molecular weight is 327 g/mol. The van der Waals surface area contributed by atoms with Crippen molar-refractivity contribution in [3.63, 3.8) is 0 Å². The van der Waals surface area contributed by atoms with Crippen LogP contribution in [-0.2, 0) is 11.8 Å². The van der Waals surface area contributed by atoms with Crippen LogP contribution in [0.3, 0.4) is 0 Å². The van der Waals surface area contributed by atoms with Crippen molar-refractivity contribution in [3.8, 4) is 11.5 Å². The maximum atomic E-state index is 10.7. The highest BCUT2D eigenvalue weighted by atomic mass is 16.5. The first-order valence-electron chi connectivity index (χ1n) is 9.10. The van der Waals surface area contributed by atoms with Crippen LogP contribution in [0.4, 0.5) is 0 Å². The van der Waals surface area contributed by atoms with Crippen LogP contribution in [0.15, 0.2) is 24.8 Å². The molecule has 4 nitrogen and oxygen atoms in total. The van der Waals surface area contributed by atoms with Gasteiger partial charge in [0, 0.05) is 23.6 Å². The number of piperidine rings is 1. The smallest absolute Gasteiger partial charge is 0.165 e. The molecule has 128 valence electrons. The molecule has 1 saturated carbocycles. The molecule has 4 aliphatic rings. The first-order valence-corrected chi connectivity index (χ1v) is 9.10. The number of aliphatic hydroxyl groups excluding tert-OH is 1. The van der Waals surface area contributed by atoms with Crippen molar-refractivity contribution in [3.05, 3.63) is 35.9 Å². The third kappa shape index (κ3) is 1.61. The minimum Gasteiger partial charge on any atom is -0.493 e. The topological polar surface area (TPSA) is 41.9 Å². The molecule has 2 fully saturated rings. The Morgan fingerprint density at radius 2 is 2.33 bits per heavy atom. The van der Waals surface area contributed by atoms with Crippen molar-refractivity contribution in [2.75, 3.05) is 20.2 Å². The standard InChI is InChI=1S/C20H25NO3/c1-3-9-21-10-8-20-13-5-6-15(22)19(20)24-18-16(23-2)7-4-12(17(18)20)11-14(13)21/h3-4,7,13-15,19,22H,1,5-6,8-11H2,2H3/t13?,14-,15+,19?,20+/m1/s1. The number of ether oxygens (including phenoxy) is 2. The summed E-state index contributed by atoms with van der Waals surface area (Å²) in [6, 6.07) is 4.78. The summed E-state index contributed by atoms with van der Waals surface area (Å²) in [5.41, 5.74) is 2.71. The first kappa shape index (κ1) is 14.8. The Morgan fingerprint density at radius 1 is 1.46 bits per heavy atom. The number of benzene rings is 1. The molecule has 1 spiro atoms. The van der Waals surface area contributed by atoms with E-state index in [0.717, 1.165) is 50.3 Å². The Bertz CT molecular complexity index is 702. The van der Waals surface area contributed by atoms with Crippen molar-refractivity contribution in [2.45, 2.75) is 49.3 Å². The molecule has 1 aromatic carbocycles. The Kier molecular flexibility index (Phi) is 3.08. The molecule has 4 heteroatoms. The fraction of sp³-hybridized carbons (Fsp3) is 0.600. The molecule has 1 N–H and O–H groups in total. The van der Waals surface area contributed by atoms with Gasteiger partial charge in [-0.15, -0.1) is 6.58 Å². The van der Waals surface area contributed by atoms with Crippen molar-refractivity contribution < 1.29 is 14.6 Å². The molecule has 2 aliphatic carbocycles. The molecule has 2 bridgehead atoms. The van der Waals surface area contributed by atoms with Crippen molar-refractivity contribution in [1.29, 1.82) is 0 Å². The average Bonchev–Trinajstić information content (AvgIpc) is 2.94. The SMILES string of the molecule is C=CCN1CC[C@]23c4c5ccc(OC)c4OC2[C@@H](O)CCC3[C@H]1C5. The fourth-order valence-electron chi connectivity index (χ4n) is 6.14. The fourth-order valence-corrected chi connectivity index (χ4v) is 6.14. The van der Waals surface area contributed by atoms with Crippen LogP contribution >= 0.6 is 0 Å². The van der Waals surface area contributed by atoms with Gasteiger partial charge < -0.3 is 14.6 Å². The van der Waals surface area contributed by atoms with Gasteiger partial charge >= 0.3 is 0 Å². The van der Waals surface area contributed by atoms with Gasteiger partial charge in [-0.1, -0.05) is 12.1 Å². The predicted molar refractivity (Wildman–Crippen MR) is 91.7 cm³/mol. The van der Waals surface area contributed by atoms with E-state index >= 15 is 0 Å². The Balaban J connectivity index is 1.72. The van der Waals surface area contributed by atoms with E-state index in [1.54, 1.807) is 7.11 Å². The maximum Gasteiger partial charge on any atom is 0.165 e. The van der Waals surface area contributed by atoms with Crippen molar-refractivity contribution >= 4 is 0 Å². The number of likely N-dealkylation sites (tertiary alicyclic amines) is 1. The van der Waals surface area contributed by atoms with E-state index in [1.807, 2.05) is 12.1 Å². The summed E-state index contributed by atoms with van der Waals surface area (Å²) in [5.74, 6) is 2.28. The van der Waals surface area contributed by atoms with E-state index in [1.165, 1.54) is 11.1 Å². The molecular formula is C20H25NO3. The second kappa shape index (κ2) is 4.99. The molecule has 2 unspecified atom stereocenters. The number of aliphatic hydroxyl groups is 1. The van der Waals surface area contributed by atoms with E-state index in [2.05, 4.69) is 17.5 Å². The van der Waals surface area contributed by atoms with Gasteiger partial charge in [0.15, 0.2) is 11.5 Å². The molecule has 0 aromatic heterocycles. The third-order valence-electron chi connectivity index (χ3n) is 6.97. The Morgan fingerprint density at radius 3 is 3.12 bits per heavy atom. The maximum absolute atomic E-state index is 10.7. The number of methoxy groups -OCH3 is 1. The molecule has 0 amide bonds. The highest BCUT2D eigenvalue weighted by Crippen LogP contribution is 2.63. The summed E-state index contributed by atoms with van der Waals surface area (Å²) in [6.07, 6.45) is 5.56. The number of hydrogen-bond acceptors (Lipinski definition) is 4. The largest absolute Gasteiger partial charge is 0.493 e. The van der Waals surface area contributed by atoms with E-state index in [-0.39, 0.29) is 17.6 Å². The molecule has 5 rings (SSSR count). The Hall–Kier alpha value is -1.52. The van der Waals surface area contributed by atoms with Gasteiger partial charge in [-0.3, -0.25) is 4.90 Å². The molecule has 24 heavy (non-hydrogen) atoms. The van der Waals surface area contributed by atoms with Gasteiger partial charge in [-0.05, 0) is 49.8 Å². The zero-order valence-electron chi connectivity index (χ0n) is 14.2. The van der Waals surface area contributed by atoms with Gasteiger partial charge in [-0.25, -0.2) is 0 Å². The van der Waals surface area contributed by atoms with Crippen LogP contribution in [0.1, 0.15) is 30.4 Å². The summed E-state index contributed by atoms with van der Waals surface area (Å²) < 4.78 is 12.0. The van der Waals surface area contributed by atoms with E-state index in [0.29, 0.717) is 12.0 Å². The molecule has 1 saturated heterocycles. The predicted octanol–water partition coefficient (Wildman–Crippen LogP) is 2.28. The zero-order chi connectivity index (χ0) is 16.5. The lowest BCUT2D eigenvalue weighted by Gasteiger charge is -2.59. The monoisotopic (exact) mass is 327 g/mol. The summed E-state index contributed by atoms with van der Waals surface area (Å²) in [7, 11) is 1.70. The molecule has 2 aliphatic heterocycles. The molecule has 5 atom stereocenters. The summed E-state index contributed by atoms with van der Waals surface area (Å²) in [4.78, 5) is 2.59. The van der Waals surface area contributed by atoms with Crippen LogP contribution in [0.5, 0.6) is 11.5 Å². The van der Waals surface area contributed by atoms with Gasteiger partial charge in [-0.2, -0.15) is 0 Å². The first-order chi connectivity index (χ1) is 11.7. The van der Waals surface area contributed by atoms with Gasteiger partial charge in [0.1, 0.15) is 6.10 Å². The molecule has 2 heterocycles. The van der Waals surface area contributed by atoms with Gasteiger partial charge in [0.25, 0.3) is 0 Å². The van der Waals surface area contributed by atoms with Crippen LogP contribution in [-0.4, -0.2) is 48.5 Å². The lowest BCUT2D eigenvalue weighted by Crippen LogP contribution is -2.66. The minimum absolute atomic E-state index is 0.0303. The van der Waals surface area contributed by atoms with Crippen molar-refractivity contribution in [2.24, 2.45) is 5.92 Å². The van der Waals surface area contributed by atoms with Crippen LogP contribution in [0.2, 0.25) is 0 Å². The lowest BCUT2D eigenvalue weighted by molar-refractivity contribution is -0.102. The Labute approximate surface area is 143 Å². The third-order valence-corrected chi connectivity index (χ3v) is 6.97. The van der Waals surface area contributed by atoms with Gasteiger partial charge in [0.05, 0.1) is 13.2 Å². The number of hydrogen-bond donors (Lipinski definition) is 1. The summed E-state index contributed by atoms with van der Waals surface area (Å²) >= 11 is 0. The minimum atomic E-state index is -0.379. The lowest BCUT2D eigenvalue weighted by atomic mass is 9.51. The van der Waals surface area contributed by atoms with Gasteiger partial charge in [0.2, 0.25) is 0 Å². The van der Waals surface area contributed by atoms with E-state index < -0.39 is 0 Å². The van der Waals surface area contributed by atoms with Crippen LogP contribution < -0.4 is 9.47 Å². The highest BCUT2D eigenvalue weighted by Gasteiger charge is 2.65. The van der Waals surface area contributed by atoms with Crippen molar-refractivity contribution in [1.82, 2.24) is 4.90 Å². The normalized spacial score (nSPS) is 39.1. The number of nitrogens with zero attached hydrogens (tertiary/aromatic N) is 1. The van der Waals surface area contributed by atoms with E-state index in [9.17, 15) is 5.11 Å². The van der Waals surface area contributed by atoms with Crippen LogP contribution in [0.25, 0.3) is 0 Å². The van der Waals surface area contributed by atoms with Crippen LogP contribution in [0, 0.1) is 5.92 Å². The molecular weight excluding hydrogens is 302 g/mol. The second-order valence-electron chi connectivity index (χ2n) is 7.77. The quantitative estimate of drug-likeness (QED) is 0.865. The zero-order valence-corrected chi connectivity index (χ0v) is 14.2. The summed E-state index contributed by atoms with van der Waals surface area (Å²) in [6.45, 7) is 5.94. The highest BCUT2D eigenvalue weighted by molar-refractivity contribution is 5.61. The molecule has 0 radical (unpaired) electrons. The molecule has 1 aromatic rings. The second-order valence-corrected chi connectivity index (χ2v) is 7.77.